The van der Waals surface area contributed by atoms with Crippen LogP contribution in [0.15, 0.2) is 0 Å². The van der Waals surface area contributed by atoms with Crippen LogP contribution in [0.3, 0.4) is 0 Å². The molecule has 1 unspecified atom stereocenters. The largest absolute Gasteiger partial charge is 0.383 e. The summed E-state index contributed by atoms with van der Waals surface area (Å²) in [5, 5.41) is 0. The smallest absolute Gasteiger partial charge is 0.0590 e. The third-order valence-corrected chi connectivity index (χ3v) is 3.72. The lowest BCUT2D eigenvalue weighted by atomic mass is 9.91. The number of nitrogens with two attached hydrogens (primary N) is 1. The van der Waals surface area contributed by atoms with E-state index in [0.717, 1.165) is 25.6 Å². The third kappa shape index (κ3) is 3.72. The van der Waals surface area contributed by atoms with Gasteiger partial charge in [-0.3, -0.25) is 4.90 Å². The standard InChI is InChI=1S/C13H28N2O/c1-11(2)15(7-8-16-4)13(3,10-14)9-12-5-6-12/h11-12H,5-10,14H2,1-4H3. The number of hydrogen-bond acceptors (Lipinski definition) is 3. The number of methoxy groups -OCH3 is 1. The molecule has 0 spiro atoms. The SMILES string of the molecule is COCCN(C(C)C)C(C)(CN)CC1CC1. The zero-order valence-corrected chi connectivity index (χ0v) is 11.3. The Bertz CT molecular complexity index is 204. The summed E-state index contributed by atoms with van der Waals surface area (Å²) in [6.07, 6.45) is 4.03. The molecule has 1 saturated carbocycles. The molecule has 96 valence electrons. The Labute approximate surface area is 100 Å². The molecule has 0 radical (unpaired) electrons. The van der Waals surface area contributed by atoms with Crippen molar-refractivity contribution >= 4 is 0 Å². The van der Waals surface area contributed by atoms with Gasteiger partial charge in [-0.05, 0) is 33.1 Å². The Morgan fingerprint density at radius 1 is 1.44 bits per heavy atom. The monoisotopic (exact) mass is 228 g/mol. The highest BCUT2D eigenvalue weighted by molar-refractivity contribution is 4.94. The minimum absolute atomic E-state index is 0.147. The van der Waals surface area contributed by atoms with E-state index in [9.17, 15) is 0 Å². The lowest BCUT2D eigenvalue weighted by Crippen LogP contribution is -2.55. The van der Waals surface area contributed by atoms with Gasteiger partial charge < -0.3 is 10.5 Å². The molecule has 16 heavy (non-hydrogen) atoms. The molecule has 3 heteroatoms. The molecule has 0 amide bonds. The first-order valence-electron chi connectivity index (χ1n) is 6.49. The lowest BCUT2D eigenvalue weighted by Gasteiger charge is -2.43. The molecule has 0 aromatic rings. The van der Waals surface area contributed by atoms with E-state index in [4.69, 9.17) is 10.5 Å². The van der Waals surface area contributed by atoms with Gasteiger partial charge in [0.25, 0.3) is 0 Å². The zero-order valence-electron chi connectivity index (χ0n) is 11.3. The van der Waals surface area contributed by atoms with Crippen molar-refractivity contribution in [2.24, 2.45) is 11.7 Å². The summed E-state index contributed by atoms with van der Waals surface area (Å²) in [7, 11) is 1.76. The van der Waals surface area contributed by atoms with Crippen LogP contribution in [0.2, 0.25) is 0 Å². The molecule has 0 saturated heterocycles. The second-order valence-corrected chi connectivity index (χ2v) is 5.63. The first-order valence-corrected chi connectivity index (χ1v) is 6.49. The van der Waals surface area contributed by atoms with Crippen LogP contribution in [0.5, 0.6) is 0 Å². The number of hydrogen-bond donors (Lipinski definition) is 1. The maximum Gasteiger partial charge on any atom is 0.0590 e. The van der Waals surface area contributed by atoms with Crippen molar-refractivity contribution in [3.63, 3.8) is 0 Å². The van der Waals surface area contributed by atoms with E-state index in [1.807, 2.05) is 0 Å². The Morgan fingerprint density at radius 2 is 2.06 bits per heavy atom. The van der Waals surface area contributed by atoms with E-state index in [0.29, 0.717) is 6.04 Å². The van der Waals surface area contributed by atoms with E-state index in [1.165, 1.54) is 19.3 Å². The minimum atomic E-state index is 0.147. The Morgan fingerprint density at radius 3 is 2.44 bits per heavy atom. The molecule has 0 aromatic heterocycles. The third-order valence-electron chi connectivity index (χ3n) is 3.72. The summed E-state index contributed by atoms with van der Waals surface area (Å²) in [6.45, 7) is 9.31. The van der Waals surface area contributed by atoms with Gasteiger partial charge in [-0.2, -0.15) is 0 Å². The van der Waals surface area contributed by atoms with Crippen LogP contribution in [0.1, 0.15) is 40.0 Å². The molecule has 2 N–H and O–H groups in total. The number of rotatable bonds is 8. The fraction of sp³-hybridized carbons (Fsp3) is 1.00. The van der Waals surface area contributed by atoms with Crippen molar-refractivity contribution in [1.82, 2.24) is 4.90 Å². The van der Waals surface area contributed by atoms with Crippen molar-refractivity contribution in [2.45, 2.75) is 51.6 Å². The Balaban J connectivity index is 2.61. The quantitative estimate of drug-likeness (QED) is 0.689. The fourth-order valence-corrected chi connectivity index (χ4v) is 2.60. The van der Waals surface area contributed by atoms with Gasteiger partial charge in [0.2, 0.25) is 0 Å². The maximum atomic E-state index is 6.01. The van der Waals surface area contributed by atoms with Gasteiger partial charge in [0.05, 0.1) is 6.61 Å². The van der Waals surface area contributed by atoms with Gasteiger partial charge >= 0.3 is 0 Å². The van der Waals surface area contributed by atoms with Crippen LogP contribution in [-0.4, -0.2) is 43.3 Å². The average Bonchev–Trinajstić information content (AvgIpc) is 3.01. The van der Waals surface area contributed by atoms with Crippen molar-refractivity contribution in [2.75, 3.05) is 26.8 Å². The Hall–Kier alpha value is -0.120. The van der Waals surface area contributed by atoms with Crippen molar-refractivity contribution < 1.29 is 4.74 Å². The second kappa shape index (κ2) is 5.99. The zero-order chi connectivity index (χ0) is 12.2. The van der Waals surface area contributed by atoms with Crippen LogP contribution in [-0.2, 0) is 4.74 Å². The van der Waals surface area contributed by atoms with E-state index in [1.54, 1.807) is 7.11 Å². The lowest BCUT2D eigenvalue weighted by molar-refractivity contribution is 0.0363. The van der Waals surface area contributed by atoms with Gasteiger partial charge in [0.1, 0.15) is 0 Å². The summed E-state index contributed by atoms with van der Waals surface area (Å²) < 4.78 is 5.20. The molecule has 1 rings (SSSR count). The molecule has 1 fully saturated rings. The molecule has 1 atom stereocenters. The highest BCUT2D eigenvalue weighted by Crippen LogP contribution is 2.39. The van der Waals surface area contributed by atoms with Crippen molar-refractivity contribution in [3.8, 4) is 0 Å². The Kier molecular flexibility index (Phi) is 5.22. The molecular weight excluding hydrogens is 200 g/mol. The molecule has 3 nitrogen and oxygen atoms in total. The van der Waals surface area contributed by atoms with Crippen LogP contribution in [0.25, 0.3) is 0 Å². The predicted molar refractivity (Wildman–Crippen MR) is 68.5 cm³/mol. The van der Waals surface area contributed by atoms with Gasteiger partial charge in [0.15, 0.2) is 0 Å². The molecule has 1 aliphatic rings. The maximum absolute atomic E-state index is 6.01. The first kappa shape index (κ1) is 13.9. The number of ether oxygens (including phenoxy) is 1. The normalized spacial score (nSPS) is 20.4. The first-order chi connectivity index (χ1) is 7.53. The highest BCUT2D eigenvalue weighted by atomic mass is 16.5. The molecule has 0 bridgehead atoms. The minimum Gasteiger partial charge on any atom is -0.383 e. The van der Waals surface area contributed by atoms with Gasteiger partial charge in [-0.15, -0.1) is 0 Å². The summed E-state index contributed by atoms with van der Waals surface area (Å²) >= 11 is 0. The van der Waals surface area contributed by atoms with Crippen molar-refractivity contribution in [1.29, 1.82) is 0 Å². The molecular formula is C13H28N2O. The van der Waals surface area contributed by atoms with Crippen molar-refractivity contribution in [3.05, 3.63) is 0 Å². The van der Waals surface area contributed by atoms with Gasteiger partial charge in [-0.25, -0.2) is 0 Å². The summed E-state index contributed by atoms with van der Waals surface area (Å²) in [6, 6.07) is 0.530. The van der Waals surface area contributed by atoms with E-state index < -0.39 is 0 Å². The van der Waals surface area contributed by atoms with Gasteiger partial charge in [-0.1, -0.05) is 12.8 Å². The van der Waals surface area contributed by atoms with Gasteiger partial charge in [0, 0.05) is 31.8 Å². The highest BCUT2D eigenvalue weighted by Gasteiger charge is 2.37. The van der Waals surface area contributed by atoms with Crippen LogP contribution >= 0.6 is 0 Å². The topological polar surface area (TPSA) is 38.5 Å². The molecule has 0 aromatic carbocycles. The summed E-state index contributed by atoms with van der Waals surface area (Å²) in [5.74, 6) is 0.914. The van der Waals surface area contributed by atoms with Crippen LogP contribution < -0.4 is 5.73 Å². The molecule has 1 aliphatic carbocycles. The summed E-state index contributed by atoms with van der Waals surface area (Å²) in [5.41, 5.74) is 6.16. The van der Waals surface area contributed by atoms with E-state index in [-0.39, 0.29) is 5.54 Å². The van der Waals surface area contributed by atoms with E-state index in [2.05, 4.69) is 25.7 Å². The predicted octanol–water partition coefficient (Wildman–Crippen LogP) is 1.86. The van der Waals surface area contributed by atoms with Crippen LogP contribution in [0.4, 0.5) is 0 Å². The summed E-state index contributed by atoms with van der Waals surface area (Å²) in [4.78, 5) is 2.51. The average molecular weight is 228 g/mol. The van der Waals surface area contributed by atoms with Crippen LogP contribution in [0, 0.1) is 5.92 Å². The molecule has 0 aliphatic heterocycles. The van der Waals surface area contributed by atoms with E-state index >= 15 is 0 Å². The molecule has 0 heterocycles. The fourth-order valence-electron chi connectivity index (χ4n) is 2.60. The second-order valence-electron chi connectivity index (χ2n) is 5.63. The number of nitrogens with zero attached hydrogens (tertiary/aromatic N) is 1.